The van der Waals surface area contributed by atoms with E-state index in [-0.39, 0.29) is 41.7 Å². The minimum atomic E-state index is -0.851. The van der Waals surface area contributed by atoms with Crippen molar-refractivity contribution in [2.45, 2.75) is 57.3 Å². The monoisotopic (exact) mass is 402 g/mol. The van der Waals surface area contributed by atoms with Gasteiger partial charge in [-0.2, -0.15) is 0 Å². The molecule has 0 spiro atoms. The number of ether oxygens (including phenoxy) is 2. The molecule has 2 aliphatic rings. The average Bonchev–Trinajstić information content (AvgIpc) is 3.57. The summed E-state index contributed by atoms with van der Waals surface area (Å²) < 4.78 is 53.8. The highest BCUT2D eigenvalue weighted by Gasteiger charge is 2.28. The molecule has 5 heteroatoms. The first-order valence-electron chi connectivity index (χ1n) is 10.2. The van der Waals surface area contributed by atoms with E-state index in [9.17, 15) is 13.2 Å². The standard InChI is InChI=1S/C24H25F3O2/c1-2-3-16-4-5-18(24(27)23(16)26)13-28-19-9-6-15(7-10-19)20-11-8-17(12-21(20)25)22-14-29-22/h2-5,8,11-12,15,19,22H,6-7,9-10,13-14H2,1H3/b3-2+. The van der Waals surface area contributed by atoms with Crippen LogP contribution in [0.3, 0.4) is 0 Å². The van der Waals surface area contributed by atoms with Crippen molar-refractivity contribution in [2.24, 2.45) is 0 Å². The Kier molecular flexibility index (Phi) is 6.07. The Morgan fingerprint density at radius 3 is 2.45 bits per heavy atom. The Bertz CT molecular complexity index is 897. The number of epoxide rings is 1. The summed E-state index contributed by atoms with van der Waals surface area (Å²) in [7, 11) is 0. The van der Waals surface area contributed by atoms with Gasteiger partial charge in [0.1, 0.15) is 11.9 Å². The van der Waals surface area contributed by atoms with Crippen molar-refractivity contribution in [2.75, 3.05) is 6.61 Å². The highest BCUT2D eigenvalue weighted by Crippen LogP contribution is 2.38. The van der Waals surface area contributed by atoms with Crippen LogP contribution in [0.1, 0.15) is 66.9 Å². The number of hydrogen-bond donors (Lipinski definition) is 0. The summed E-state index contributed by atoms with van der Waals surface area (Å²) in [5, 5.41) is 0. The Balaban J connectivity index is 1.32. The highest BCUT2D eigenvalue weighted by atomic mass is 19.2. The van der Waals surface area contributed by atoms with Gasteiger partial charge in [0, 0.05) is 11.1 Å². The van der Waals surface area contributed by atoms with Crippen LogP contribution in [0.15, 0.2) is 36.4 Å². The third-order valence-corrected chi connectivity index (χ3v) is 5.86. The summed E-state index contributed by atoms with van der Waals surface area (Å²) in [6.07, 6.45) is 6.43. The van der Waals surface area contributed by atoms with Crippen LogP contribution >= 0.6 is 0 Å². The zero-order chi connectivity index (χ0) is 20.4. The molecule has 1 saturated carbocycles. The molecule has 1 atom stereocenters. The molecule has 0 amide bonds. The van der Waals surface area contributed by atoms with Gasteiger partial charge < -0.3 is 9.47 Å². The second-order valence-electron chi connectivity index (χ2n) is 7.83. The van der Waals surface area contributed by atoms with Crippen LogP contribution in [0.2, 0.25) is 0 Å². The molecule has 2 aromatic carbocycles. The lowest BCUT2D eigenvalue weighted by molar-refractivity contribution is 0.0117. The normalized spacial score (nSPS) is 24.2. The number of halogens is 3. The molecule has 4 rings (SSSR count). The van der Waals surface area contributed by atoms with Crippen molar-refractivity contribution in [1.29, 1.82) is 0 Å². The summed E-state index contributed by atoms with van der Waals surface area (Å²) in [5.74, 6) is -1.70. The molecule has 1 heterocycles. The lowest BCUT2D eigenvalue weighted by Gasteiger charge is -2.29. The van der Waals surface area contributed by atoms with Gasteiger partial charge in [-0.1, -0.05) is 36.4 Å². The maximum absolute atomic E-state index is 14.5. The fourth-order valence-electron chi connectivity index (χ4n) is 4.09. The molecule has 2 fully saturated rings. The molecule has 1 unspecified atom stereocenters. The highest BCUT2D eigenvalue weighted by molar-refractivity contribution is 5.50. The van der Waals surface area contributed by atoms with Crippen LogP contribution in [0, 0.1) is 17.5 Å². The SMILES string of the molecule is C/C=C/c1ccc(COC2CCC(c3ccc(C4CO4)cc3F)CC2)c(F)c1F. The zero-order valence-corrected chi connectivity index (χ0v) is 16.5. The van der Waals surface area contributed by atoms with Crippen molar-refractivity contribution in [3.63, 3.8) is 0 Å². The average molecular weight is 402 g/mol. The summed E-state index contributed by atoms with van der Waals surface area (Å²) in [6, 6.07) is 8.55. The topological polar surface area (TPSA) is 21.8 Å². The number of rotatable bonds is 6. The Morgan fingerprint density at radius 2 is 1.79 bits per heavy atom. The fourth-order valence-corrected chi connectivity index (χ4v) is 4.09. The number of hydrogen-bond acceptors (Lipinski definition) is 2. The first-order valence-corrected chi connectivity index (χ1v) is 10.2. The van der Waals surface area contributed by atoms with E-state index in [4.69, 9.17) is 9.47 Å². The van der Waals surface area contributed by atoms with Crippen LogP contribution in [0.4, 0.5) is 13.2 Å². The minimum absolute atomic E-state index is 0.0221. The molecule has 0 bridgehead atoms. The fraction of sp³-hybridized carbons (Fsp3) is 0.417. The zero-order valence-electron chi connectivity index (χ0n) is 16.5. The molecule has 1 aliphatic heterocycles. The van der Waals surface area contributed by atoms with Crippen molar-refractivity contribution in [3.8, 4) is 0 Å². The van der Waals surface area contributed by atoms with Gasteiger partial charge in [0.2, 0.25) is 0 Å². The molecule has 0 radical (unpaired) electrons. The predicted octanol–water partition coefficient (Wildman–Crippen LogP) is 6.45. The van der Waals surface area contributed by atoms with E-state index in [1.54, 1.807) is 31.2 Å². The lowest BCUT2D eigenvalue weighted by atomic mass is 9.82. The first-order chi connectivity index (χ1) is 14.1. The van der Waals surface area contributed by atoms with Crippen molar-refractivity contribution < 1.29 is 22.6 Å². The molecule has 154 valence electrons. The number of allylic oxidation sites excluding steroid dienone is 1. The Hall–Kier alpha value is -2.11. The second kappa shape index (κ2) is 8.72. The molecule has 1 aliphatic carbocycles. The Labute approximate surface area is 169 Å². The van der Waals surface area contributed by atoms with Crippen molar-refractivity contribution >= 4 is 6.08 Å². The van der Waals surface area contributed by atoms with Gasteiger partial charge in [-0.25, -0.2) is 13.2 Å². The summed E-state index contributed by atoms with van der Waals surface area (Å²) in [6.45, 7) is 2.47. The van der Waals surface area contributed by atoms with Crippen LogP contribution in [-0.2, 0) is 16.1 Å². The van der Waals surface area contributed by atoms with Crippen LogP contribution in [0.25, 0.3) is 6.08 Å². The van der Waals surface area contributed by atoms with E-state index < -0.39 is 11.6 Å². The summed E-state index contributed by atoms with van der Waals surface area (Å²) in [4.78, 5) is 0. The van der Waals surface area contributed by atoms with Gasteiger partial charge in [0.05, 0.1) is 19.3 Å². The van der Waals surface area contributed by atoms with E-state index in [1.807, 2.05) is 12.1 Å². The van der Waals surface area contributed by atoms with Gasteiger partial charge in [0.15, 0.2) is 11.6 Å². The van der Waals surface area contributed by atoms with Gasteiger partial charge in [-0.3, -0.25) is 0 Å². The summed E-state index contributed by atoms with van der Waals surface area (Å²) in [5.41, 5.74) is 2.11. The number of benzene rings is 2. The molecule has 2 nitrogen and oxygen atoms in total. The van der Waals surface area contributed by atoms with E-state index in [2.05, 4.69) is 0 Å². The summed E-state index contributed by atoms with van der Waals surface area (Å²) >= 11 is 0. The molecule has 1 saturated heterocycles. The molecule has 29 heavy (non-hydrogen) atoms. The third-order valence-electron chi connectivity index (χ3n) is 5.86. The molecule has 0 N–H and O–H groups in total. The minimum Gasteiger partial charge on any atom is -0.373 e. The Morgan fingerprint density at radius 1 is 1.03 bits per heavy atom. The van der Waals surface area contributed by atoms with E-state index >= 15 is 0 Å². The van der Waals surface area contributed by atoms with Crippen molar-refractivity contribution in [3.05, 3.63) is 76.1 Å². The van der Waals surface area contributed by atoms with Crippen LogP contribution < -0.4 is 0 Å². The molecular formula is C24H25F3O2. The van der Waals surface area contributed by atoms with Gasteiger partial charge in [-0.05, 0) is 55.7 Å². The van der Waals surface area contributed by atoms with Crippen LogP contribution in [-0.4, -0.2) is 12.7 Å². The van der Waals surface area contributed by atoms with E-state index in [0.717, 1.165) is 36.8 Å². The van der Waals surface area contributed by atoms with Crippen LogP contribution in [0.5, 0.6) is 0 Å². The lowest BCUT2D eigenvalue weighted by Crippen LogP contribution is -2.21. The largest absolute Gasteiger partial charge is 0.373 e. The third kappa shape index (κ3) is 4.57. The second-order valence-corrected chi connectivity index (χ2v) is 7.83. The maximum atomic E-state index is 14.5. The molecule has 2 aromatic rings. The van der Waals surface area contributed by atoms with Crippen molar-refractivity contribution in [1.82, 2.24) is 0 Å². The predicted molar refractivity (Wildman–Crippen MR) is 106 cm³/mol. The van der Waals surface area contributed by atoms with E-state index in [1.165, 1.54) is 6.08 Å². The molecular weight excluding hydrogens is 377 g/mol. The van der Waals surface area contributed by atoms with Gasteiger partial charge >= 0.3 is 0 Å². The first kappa shape index (κ1) is 20.2. The van der Waals surface area contributed by atoms with Gasteiger partial charge in [0.25, 0.3) is 0 Å². The maximum Gasteiger partial charge on any atom is 0.166 e. The van der Waals surface area contributed by atoms with Gasteiger partial charge in [-0.15, -0.1) is 0 Å². The quantitative estimate of drug-likeness (QED) is 0.518. The smallest absolute Gasteiger partial charge is 0.166 e. The molecule has 0 aromatic heterocycles. The van der Waals surface area contributed by atoms with E-state index in [0.29, 0.717) is 6.61 Å².